The van der Waals surface area contributed by atoms with Crippen molar-refractivity contribution in [2.24, 2.45) is 5.92 Å². The Morgan fingerprint density at radius 3 is 2.38 bits per heavy atom. The van der Waals surface area contributed by atoms with Crippen LogP contribution in [0.4, 0.5) is 4.39 Å². The number of rotatable bonds is 6. The van der Waals surface area contributed by atoms with Crippen LogP contribution in [0.5, 0.6) is 0 Å². The average Bonchev–Trinajstić information content (AvgIpc) is 2.67. The first kappa shape index (κ1) is 18.6. The van der Waals surface area contributed by atoms with E-state index in [0.717, 1.165) is 38.9 Å². The molecule has 0 spiro atoms. The third-order valence-corrected chi connectivity index (χ3v) is 5.21. The van der Waals surface area contributed by atoms with Gasteiger partial charge in [0.2, 0.25) is 0 Å². The Labute approximate surface area is 155 Å². The largest absolute Gasteiger partial charge is 0.338 e. The minimum Gasteiger partial charge on any atom is -0.338 e. The van der Waals surface area contributed by atoms with Crippen molar-refractivity contribution in [1.29, 1.82) is 0 Å². The second-order valence-corrected chi connectivity index (χ2v) is 7.24. The number of nitrogens with zero attached hydrogens (tertiary/aromatic N) is 2. The van der Waals surface area contributed by atoms with E-state index < -0.39 is 0 Å². The van der Waals surface area contributed by atoms with Crippen molar-refractivity contribution >= 4 is 5.91 Å². The monoisotopic (exact) mass is 354 g/mol. The molecule has 4 heteroatoms. The smallest absolute Gasteiger partial charge is 0.253 e. The Bertz CT molecular complexity index is 694. The van der Waals surface area contributed by atoms with E-state index in [0.29, 0.717) is 18.0 Å². The zero-order valence-corrected chi connectivity index (χ0v) is 15.4. The van der Waals surface area contributed by atoms with Gasteiger partial charge in [-0.15, -0.1) is 0 Å². The van der Waals surface area contributed by atoms with Crippen LogP contribution in [0.25, 0.3) is 0 Å². The van der Waals surface area contributed by atoms with E-state index >= 15 is 0 Å². The highest BCUT2D eigenvalue weighted by Crippen LogP contribution is 2.19. The lowest BCUT2D eigenvalue weighted by Gasteiger charge is -2.33. The number of likely N-dealkylation sites (tertiary alicyclic amines) is 1. The zero-order valence-electron chi connectivity index (χ0n) is 15.4. The average molecular weight is 354 g/mol. The van der Waals surface area contributed by atoms with Crippen LogP contribution < -0.4 is 0 Å². The molecule has 0 aromatic heterocycles. The Morgan fingerprint density at radius 2 is 1.73 bits per heavy atom. The van der Waals surface area contributed by atoms with Crippen LogP contribution in [-0.2, 0) is 6.42 Å². The maximum atomic E-state index is 13.2. The number of hydrogen-bond acceptors (Lipinski definition) is 2. The van der Waals surface area contributed by atoms with Crippen molar-refractivity contribution in [2.75, 3.05) is 33.2 Å². The van der Waals surface area contributed by atoms with E-state index in [4.69, 9.17) is 0 Å². The van der Waals surface area contributed by atoms with Gasteiger partial charge in [0.1, 0.15) is 5.82 Å². The van der Waals surface area contributed by atoms with Crippen LogP contribution in [0.2, 0.25) is 0 Å². The summed E-state index contributed by atoms with van der Waals surface area (Å²) in [6, 6.07) is 16.1. The van der Waals surface area contributed by atoms with E-state index in [9.17, 15) is 9.18 Å². The normalized spacial score (nSPS) is 15.8. The molecule has 1 fully saturated rings. The number of piperidine rings is 1. The summed E-state index contributed by atoms with van der Waals surface area (Å²) >= 11 is 0. The maximum Gasteiger partial charge on any atom is 0.253 e. The van der Waals surface area contributed by atoms with Crippen molar-refractivity contribution in [1.82, 2.24) is 9.80 Å². The van der Waals surface area contributed by atoms with Gasteiger partial charge in [0.05, 0.1) is 0 Å². The summed E-state index contributed by atoms with van der Waals surface area (Å²) in [5.41, 5.74) is 1.79. The molecule has 1 heterocycles. The summed E-state index contributed by atoms with van der Waals surface area (Å²) in [6.07, 6.45) is 3.07. The van der Waals surface area contributed by atoms with Crippen molar-refractivity contribution in [3.8, 4) is 0 Å². The van der Waals surface area contributed by atoms with Gasteiger partial charge in [0, 0.05) is 18.7 Å². The molecule has 0 radical (unpaired) electrons. The summed E-state index contributed by atoms with van der Waals surface area (Å²) in [5.74, 6) is 0.221. The summed E-state index contributed by atoms with van der Waals surface area (Å²) in [6.45, 7) is 3.63. The lowest BCUT2D eigenvalue weighted by molar-refractivity contribution is 0.0700. The molecular weight excluding hydrogens is 327 g/mol. The standard InChI is InChI=1S/C22H27FN2O/c1-24-14-11-19(12-15-24)17-25(16-13-18-5-3-2-4-6-18)22(26)20-7-9-21(23)10-8-20/h2-10,19H,11-17H2,1H3. The van der Waals surface area contributed by atoms with E-state index in [1.54, 1.807) is 12.1 Å². The quantitative estimate of drug-likeness (QED) is 0.787. The van der Waals surface area contributed by atoms with Crippen LogP contribution in [0.1, 0.15) is 28.8 Å². The lowest BCUT2D eigenvalue weighted by Crippen LogP contribution is -2.40. The molecule has 138 valence electrons. The zero-order chi connectivity index (χ0) is 18.4. The van der Waals surface area contributed by atoms with Gasteiger partial charge in [-0.05, 0) is 75.1 Å². The topological polar surface area (TPSA) is 23.6 Å². The number of halogens is 1. The highest BCUT2D eigenvalue weighted by atomic mass is 19.1. The summed E-state index contributed by atoms with van der Waals surface area (Å²) < 4.78 is 13.2. The molecule has 1 amide bonds. The van der Waals surface area contributed by atoms with Gasteiger partial charge < -0.3 is 9.80 Å². The molecule has 1 saturated heterocycles. The molecular formula is C22H27FN2O. The molecule has 26 heavy (non-hydrogen) atoms. The van der Waals surface area contributed by atoms with Crippen molar-refractivity contribution in [3.63, 3.8) is 0 Å². The summed E-state index contributed by atoms with van der Waals surface area (Å²) in [4.78, 5) is 17.3. The van der Waals surface area contributed by atoms with Gasteiger partial charge in [-0.25, -0.2) is 4.39 Å². The number of hydrogen-bond donors (Lipinski definition) is 0. The molecule has 0 atom stereocenters. The molecule has 0 saturated carbocycles. The second-order valence-electron chi connectivity index (χ2n) is 7.24. The molecule has 2 aromatic rings. The Kier molecular flexibility index (Phi) is 6.40. The number of carbonyl (C=O) groups is 1. The first-order chi connectivity index (χ1) is 12.6. The fraction of sp³-hybridized carbons (Fsp3) is 0.409. The third-order valence-electron chi connectivity index (χ3n) is 5.21. The first-order valence-electron chi connectivity index (χ1n) is 9.39. The highest BCUT2D eigenvalue weighted by molar-refractivity contribution is 5.94. The fourth-order valence-electron chi connectivity index (χ4n) is 3.52. The third kappa shape index (κ3) is 5.15. The van der Waals surface area contributed by atoms with Crippen LogP contribution >= 0.6 is 0 Å². The minimum atomic E-state index is -0.312. The molecule has 0 unspecified atom stereocenters. The van der Waals surface area contributed by atoms with Gasteiger partial charge in [0.25, 0.3) is 5.91 Å². The molecule has 2 aromatic carbocycles. The molecule has 1 aliphatic heterocycles. The fourth-order valence-corrected chi connectivity index (χ4v) is 3.52. The highest BCUT2D eigenvalue weighted by Gasteiger charge is 2.23. The SMILES string of the molecule is CN1CCC(CN(CCc2ccccc2)C(=O)c2ccc(F)cc2)CC1. The molecule has 0 aliphatic carbocycles. The van der Waals surface area contributed by atoms with Crippen molar-refractivity contribution in [2.45, 2.75) is 19.3 Å². The Balaban J connectivity index is 1.69. The van der Waals surface area contributed by atoms with Gasteiger partial charge in [-0.3, -0.25) is 4.79 Å². The van der Waals surface area contributed by atoms with E-state index in [1.165, 1.54) is 17.7 Å². The minimum absolute atomic E-state index is 0.000130. The molecule has 1 aliphatic rings. The number of benzene rings is 2. The predicted molar refractivity (Wildman–Crippen MR) is 103 cm³/mol. The van der Waals surface area contributed by atoms with Crippen LogP contribution in [-0.4, -0.2) is 48.9 Å². The van der Waals surface area contributed by atoms with Gasteiger partial charge in [-0.1, -0.05) is 30.3 Å². The van der Waals surface area contributed by atoms with Crippen LogP contribution in [0.3, 0.4) is 0 Å². The molecule has 3 rings (SSSR count). The summed E-state index contributed by atoms with van der Waals surface area (Å²) in [5, 5.41) is 0. The molecule has 0 N–H and O–H groups in total. The van der Waals surface area contributed by atoms with Gasteiger partial charge in [-0.2, -0.15) is 0 Å². The summed E-state index contributed by atoms with van der Waals surface area (Å²) in [7, 11) is 2.15. The molecule has 0 bridgehead atoms. The number of carbonyl (C=O) groups excluding carboxylic acids is 1. The Morgan fingerprint density at radius 1 is 1.08 bits per heavy atom. The van der Waals surface area contributed by atoms with Crippen molar-refractivity contribution in [3.05, 3.63) is 71.5 Å². The van der Waals surface area contributed by atoms with Crippen molar-refractivity contribution < 1.29 is 9.18 Å². The van der Waals surface area contributed by atoms with Gasteiger partial charge in [0.15, 0.2) is 0 Å². The van der Waals surface area contributed by atoms with Crippen LogP contribution in [0.15, 0.2) is 54.6 Å². The second kappa shape index (κ2) is 8.95. The predicted octanol–water partition coefficient (Wildman–Crippen LogP) is 3.85. The number of amides is 1. The lowest BCUT2D eigenvalue weighted by atomic mass is 9.96. The van der Waals surface area contributed by atoms with Gasteiger partial charge >= 0.3 is 0 Å². The van der Waals surface area contributed by atoms with E-state index in [1.807, 2.05) is 23.1 Å². The first-order valence-corrected chi connectivity index (χ1v) is 9.39. The van der Waals surface area contributed by atoms with Crippen LogP contribution in [0, 0.1) is 11.7 Å². The maximum absolute atomic E-state index is 13.2. The van der Waals surface area contributed by atoms with E-state index in [-0.39, 0.29) is 11.7 Å². The van der Waals surface area contributed by atoms with E-state index in [2.05, 4.69) is 24.1 Å². The Hall–Kier alpha value is -2.20. The molecule has 3 nitrogen and oxygen atoms in total.